The molecule has 3 aliphatic heterocycles. The number of hydrogen-bond donors (Lipinski definition) is 2. The van der Waals surface area contributed by atoms with Crippen molar-refractivity contribution in [3.63, 3.8) is 0 Å². The Morgan fingerprint density at radius 3 is 2.61 bits per heavy atom. The molecule has 0 aromatic rings. The molecule has 7 aliphatic rings. The molecule has 0 aromatic carbocycles. The summed E-state index contributed by atoms with van der Waals surface area (Å²) in [5, 5.41) is 23.0. The van der Waals surface area contributed by atoms with Crippen LogP contribution in [-0.4, -0.2) is 44.4 Å². The summed E-state index contributed by atoms with van der Waals surface area (Å²) in [6.07, 6.45) is 10.7. The molecule has 0 amide bonds. The van der Waals surface area contributed by atoms with E-state index in [1.54, 1.807) is 0 Å². The molecule has 3 heterocycles. The Morgan fingerprint density at radius 2 is 1.78 bits per heavy atom. The highest BCUT2D eigenvalue weighted by Gasteiger charge is 2.82. The van der Waals surface area contributed by atoms with Crippen molar-refractivity contribution < 1.29 is 10.2 Å². The zero-order chi connectivity index (χ0) is 15.6. The molecule has 1 spiro atoms. The number of rotatable bonds is 0. The molecule has 0 radical (unpaired) electrons. The number of aliphatic hydroxyl groups excluding tert-OH is 1. The van der Waals surface area contributed by atoms with Crippen LogP contribution in [0, 0.1) is 29.6 Å². The van der Waals surface area contributed by atoms with Crippen molar-refractivity contribution in [1.82, 2.24) is 4.90 Å². The third-order valence-corrected chi connectivity index (χ3v) is 9.54. The normalized spacial score (nSPS) is 68.7. The topological polar surface area (TPSA) is 43.7 Å². The highest BCUT2D eigenvalue weighted by Crippen LogP contribution is 2.75. The van der Waals surface area contributed by atoms with Crippen LogP contribution >= 0.6 is 0 Å². The average molecular weight is 317 g/mol. The molecule has 2 N–H and O–H groups in total. The van der Waals surface area contributed by atoms with Crippen LogP contribution in [0.3, 0.4) is 0 Å². The maximum atomic E-state index is 12.0. The largest absolute Gasteiger partial charge is 0.393 e. The summed E-state index contributed by atoms with van der Waals surface area (Å²) in [6, 6.07) is 1.21. The van der Waals surface area contributed by atoms with Crippen molar-refractivity contribution in [2.24, 2.45) is 29.6 Å². The lowest BCUT2D eigenvalue weighted by Gasteiger charge is -2.61. The first kappa shape index (κ1) is 14.1. The second-order valence-corrected chi connectivity index (χ2v) is 9.97. The number of aliphatic hydroxyl groups is 2. The Morgan fingerprint density at radius 1 is 1.00 bits per heavy atom. The van der Waals surface area contributed by atoms with Gasteiger partial charge in [-0.25, -0.2) is 0 Å². The standard InChI is InChI=1S/C20H31NO2/c1-11-6-7-15-16-8-12-9-20(15,23)19(21(11)16)10-17(22)13-4-2-3-5-14(13)18(12)19/h11-18,22-23H,2-10H2,1H3. The summed E-state index contributed by atoms with van der Waals surface area (Å²) in [5.74, 6) is 3.10. The van der Waals surface area contributed by atoms with Crippen molar-refractivity contribution >= 4 is 0 Å². The van der Waals surface area contributed by atoms with E-state index >= 15 is 0 Å². The van der Waals surface area contributed by atoms with Gasteiger partial charge in [0.2, 0.25) is 0 Å². The van der Waals surface area contributed by atoms with Crippen LogP contribution in [0.25, 0.3) is 0 Å². The predicted molar refractivity (Wildman–Crippen MR) is 87.8 cm³/mol. The van der Waals surface area contributed by atoms with E-state index in [1.807, 2.05) is 0 Å². The summed E-state index contributed by atoms with van der Waals surface area (Å²) in [5.41, 5.74) is -0.557. The molecule has 23 heavy (non-hydrogen) atoms. The van der Waals surface area contributed by atoms with E-state index in [1.165, 1.54) is 44.9 Å². The Balaban J connectivity index is 1.54. The van der Waals surface area contributed by atoms with E-state index in [-0.39, 0.29) is 11.6 Å². The van der Waals surface area contributed by atoms with Gasteiger partial charge in [0.15, 0.2) is 0 Å². The van der Waals surface area contributed by atoms with Gasteiger partial charge in [0.25, 0.3) is 0 Å². The van der Waals surface area contributed by atoms with Crippen LogP contribution in [0.4, 0.5) is 0 Å². The van der Waals surface area contributed by atoms with Gasteiger partial charge in [0.05, 0.1) is 17.2 Å². The molecule has 3 heteroatoms. The highest BCUT2D eigenvalue weighted by atomic mass is 16.3. The summed E-state index contributed by atoms with van der Waals surface area (Å²) in [6.45, 7) is 2.39. The summed E-state index contributed by atoms with van der Waals surface area (Å²) >= 11 is 0. The fourth-order valence-corrected chi connectivity index (χ4v) is 9.29. The first-order valence-corrected chi connectivity index (χ1v) is 10.3. The molecule has 11 unspecified atom stereocenters. The molecule has 3 saturated heterocycles. The van der Waals surface area contributed by atoms with Gasteiger partial charge in [-0.15, -0.1) is 0 Å². The van der Waals surface area contributed by atoms with E-state index in [2.05, 4.69) is 11.8 Å². The predicted octanol–water partition coefficient (Wildman–Crippen LogP) is 2.55. The van der Waals surface area contributed by atoms with Crippen LogP contribution in [-0.2, 0) is 0 Å². The maximum absolute atomic E-state index is 12.0. The summed E-state index contributed by atoms with van der Waals surface area (Å²) in [7, 11) is 0. The fraction of sp³-hybridized carbons (Fsp3) is 1.00. The van der Waals surface area contributed by atoms with Crippen LogP contribution in [0.1, 0.15) is 64.7 Å². The Kier molecular flexibility index (Phi) is 2.55. The molecule has 7 rings (SSSR count). The van der Waals surface area contributed by atoms with E-state index in [0.717, 1.165) is 18.8 Å². The zero-order valence-corrected chi connectivity index (χ0v) is 14.3. The first-order valence-electron chi connectivity index (χ1n) is 10.3. The van der Waals surface area contributed by atoms with E-state index in [9.17, 15) is 10.2 Å². The lowest BCUT2D eigenvalue weighted by atomic mass is 9.54. The van der Waals surface area contributed by atoms with E-state index in [4.69, 9.17) is 0 Å². The van der Waals surface area contributed by atoms with Gasteiger partial charge in [-0.1, -0.05) is 12.8 Å². The van der Waals surface area contributed by atoms with Crippen LogP contribution in [0.5, 0.6) is 0 Å². The van der Waals surface area contributed by atoms with Gasteiger partial charge in [-0.2, -0.15) is 0 Å². The molecule has 128 valence electrons. The Hall–Kier alpha value is -0.120. The molecular formula is C20H31NO2. The van der Waals surface area contributed by atoms with Gasteiger partial charge in [-0.05, 0) is 75.5 Å². The lowest BCUT2D eigenvalue weighted by Crippen LogP contribution is -2.69. The van der Waals surface area contributed by atoms with Gasteiger partial charge in [-0.3, -0.25) is 4.90 Å². The molecule has 3 nitrogen and oxygen atoms in total. The third kappa shape index (κ3) is 1.32. The maximum Gasteiger partial charge on any atom is 0.0880 e. The van der Waals surface area contributed by atoms with Crippen molar-refractivity contribution in [3.05, 3.63) is 0 Å². The number of hydrogen-bond acceptors (Lipinski definition) is 3. The molecule has 7 fully saturated rings. The minimum absolute atomic E-state index is 0.0703. The lowest BCUT2D eigenvalue weighted by molar-refractivity contribution is -0.171. The van der Waals surface area contributed by atoms with E-state index < -0.39 is 5.60 Å². The molecule has 11 atom stereocenters. The number of fused-ring (bicyclic) bond motifs is 1. The van der Waals surface area contributed by atoms with Gasteiger partial charge in [0.1, 0.15) is 0 Å². The van der Waals surface area contributed by atoms with Crippen molar-refractivity contribution in [1.29, 1.82) is 0 Å². The first-order chi connectivity index (χ1) is 11.1. The Labute approximate surface area is 139 Å². The van der Waals surface area contributed by atoms with Gasteiger partial charge in [0, 0.05) is 18.0 Å². The molecule has 0 aromatic heterocycles. The molecule has 4 aliphatic carbocycles. The van der Waals surface area contributed by atoms with Crippen molar-refractivity contribution in [2.45, 2.75) is 94.0 Å². The summed E-state index contributed by atoms with van der Waals surface area (Å²) < 4.78 is 0. The number of nitrogens with zero attached hydrogens (tertiary/aromatic N) is 1. The number of piperidine rings is 2. The minimum atomic E-state index is -0.487. The monoisotopic (exact) mass is 317 g/mol. The molecular weight excluding hydrogens is 286 g/mol. The van der Waals surface area contributed by atoms with Crippen LogP contribution < -0.4 is 0 Å². The van der Waals surface area contributed by atoms with E-state index in [0.29, 0.717) is 35.8 Å². The SMILES string of the molecule is CC1CCC2C3CC4CC2(O)C2(CC(O)C5CCCCC5C42)N13. The second kappa shape index (κ2) is 4.16. The third-order valence-electron chi connectivity index (χ3n) is 9.54. The molecule has 6 bridgehead atoms. The molecule has 4 saturated carbocycles. The minimum Gasteiger partial charge on any atom is -0.393 e. The Bertz CT molecular complexity index is 552. The smallest absolute Gasteiger partial charge is 0.0880 e. The second-order valence-electron chi connectivity index (χ2n) is 9.97. The average Bonchev–Trinajstić information content (AvgIpc) is 2.75. The van der Waals surface area contributed by atoms with Crippen molar-refractivity contribution in [2.75, 3.05) is 0 Å². The van der Waals surface area contributed by atoms with Crippen LogP contribution in [0.15, 0.2) is 0 Å². The fourth-order valence-electron chi connectivity index (χ4n) is 9.29. The zero-order valence-electron chi connectivity index (χ0n) is 14.3. The highest BCUT2D eigenvalue weighted by molar-refractivity contribution is 5.34. The summed E-state index contributed by atoms with van der Waals surface area (Å²) in [4.78, 5) is 2.78. The quantitative estimate of drug-likeness (QED) is 0.722. The van der Waals surface area contributed by atoms with Gasteiger partial charge < -0.3 is 10.2 Å². The van der Waals surface area contributed by atoms with Crippen LogP contribution in [0.2, 0.25) is 0 Å². The van der Waals surface area contributed by atoms with Crippen molar-refractivity contribution in [3.8, 4) is 0 Å². The van der Waals surface area contributed by atoms with Gasteiger partial charge >= 0.3 is 0 Å².